The Kier molecular flexibility index (Phi) is 4.10. The van der Waals surface area contributed by atoms with Gasteiger partial charge in [0.05, 0.1) is 18.2 Å². The molecule has 5 nitrogen and oxygen atoms in total. The van der Waals surface area contributed by atoms with Gasteiger partial charge in [0.25, 0.3) is 0 Å². The fourth-order valence-corrected chi connectivity index (χ4v) is 2.08. The van der Waals surface area contributed by atoms with Crippen LogP contribution in [-0.4, -0.2) is 26.7 Å². The van der Waals surface area contributed by atoms with Crippen molar-refractivity contribution >= 4 is 0 Å². The van der Waals surface area contributed by atoms with E-state index in [1.807, 2.05) is 4.68 Å². The van der Waals surface area contributed by atoms with Gasteiger partial charge in [-0.3, -0.25) is 0 Å². The van der Waals surface area contributed by atoms with Crippen LogP contribution in [0.2, 0.25) is 0 Å². The van der Waals surface area contributed by atoms with Gasteiger partial charge in [-0.15, -0.1) is 5.10 Å². The van der Waals surface area contributed by atoms with Crippen molar-refractivity contribution in [2.45, 2.75) is 51.0 Å². The average Bonchev–Trinajstić information content (AvgIpc) is 3.09. The van der Waals surface area contributed by atoms with Crippen LogP contribution in [0, 0.1) is 11.3 Å². The van der Waals surface area contributed by atoms with Crippen LogP contribution in [0.1, 0.15) is 49.4 Å². The van der Waals surface area contributed by atoms with E-state index in [-0.39, 0.29) is 6.61 Å². The highest BCUT2D eigenvalue weighted by Gasteiger charge is 2.30. The van der Waals surface area contributed by atoms with Gasteiger partial charge in [0.2, 0.25) is 0 Å². The quantitative estimate of drug-likeness (QED) is 0.723. The summed E-state index contributed by atoms with van der Waals surface area (Å²) in [5.74, 6) is 0.575. The predicted molar refractivity (Wildman–Crippen MR) is 62.3 cm³/mol. The van der Waals surface area contributed by atoms with Crippen molar-refractivity contribution in [2.75, 3.05) is 6.61 Å². The number of aryl methyl sites for hydroxylation is 1. The van der Waals surface area contributed by atoms with E-state index in [0.29, 0.717) is 12.3 Å². The first kappa shape index (κ1) is 12.1. The number of aliphatic hydroxyl groups excluding tert-OH is 1. The Morgan fingerprint density at radius 2 is 2.18 bits per heavy atom. The molecule has 92 valence electrons. The Morgan fingerprint density at radius 3 is 2.82 bits per heavy atom. The summed E-state index contributed by atoms with van der Waals surface area (Å²) >= 11 is 0. The Labute approximate surface area is 101 Å². The summed E-state index contributed by atoms with van der Waals surface area (Å²) in [6.45, 7) is 1.11. The number of unbranched alkanes of at least 4 members (excludes halogenated alkanes) is 2. The molecule has 0 amide bonds. The molecule has 0 spiro atoms. The summed E-state index contributed by atoms with van der Waals surface area (Å²) in [4.78, 5) is 0. The predicted octanol–water partition coefficient (Wildman–Crippen LogP) is 1.38. The van der Waals surface area contributed by atoms with Crippen LogP contribution < -0.4 is 0 Å². The normalized spacial score (nSPS) is 14.8. The first-order valence-electron chi connectivity index (χ1n) is 6.27. The van der Waals surface area contributed by atoms with Crippen LogP contribution in [0.4, 0.5) is 0 Å². The molecule has 1 N–H and O–H groups in total. The third-order valence-corrected chi connectivity index (χ3v) is 3.09. The lowest BCUT2D eigenvalue weighted by atomic mass is 10.2. The fourth-order valence-electron chi connectivity index (χ4n) is 2.08. The maximum absolute atomic E-state index is 8.75. The van der Waals surface area contributed by atoms with E-state index in [9.17, 15) is 0 Å². The molecule has 1 aromatic rings. The minimum absolute atomic E-state index is 0.256. The van der Waals surface area contributed by atoms with Crippen molar-refractivity contribution in [2.24, 2.45) is 0 Å². The summed E-state index contributed by atoms with van der Waals surface area (Å²) in [6.07, 6.45) is 5.62. The standard InChI is InChI=1S/C12H18N4O/c13-7-6-11-12(10-4-5-10)16(15-14-11)8-2-1-3-9-17/h10,17H,1-6,8-9H2. The zero-order valence-electron chi connectivity index (χ0n) is 9.97. The second-order valence-electron chi connectivity index (χ2n) is 4.54. The van der Waals surface area contributed by atoms with Gasteiger partial charge >= 0.3 is 0 Å². The molecule has 0 aliphatic heterocycles. The molecule has 5 heteroatoms. The Morgan fingerprint density at radius 1 is 1.35 bits per heavy atom. The maximum Gasteiger partial charge on any atom is 0.100 e. The smallest absolute Gasteiger partial charge is 0.100 e. The average molecular weight is 234 g/mol. The van der Waals surface area contributed by atoms with Crippen molar-refractivity contribution in [3.8, 4) is 6.07 Å². The lowest BCUT2D eigenvalue weighted by molar-refractivity contribution is 0.281. The molecule has 0 aromatic carbocycles. The van der Waals surface area contributed by atoms with Crippen LogP contribution in [0.15, 0.2) is 0 Å². The van der Waals surface area contributed by atoms with Crippen molar-refractivity contribution in [1.29, 1.82) is 5.26 Å². The number of nitrogens with zero attached hydrogens (tertiary/aromatic N) is 4. The third-order valence-electron chi connectivity index (χ3n) is 3.09. The zero-order valence-corrected chi connectivity index (χ0v) is 9.97. The molecule has 17 heavy (non-hydrogen) atoms. The molecule has 0 unspecified atom stereocenters. The lowest BCUT2D eigenvalue weighted by Crippen LogP contribution is -2.05. The minimum atomic E-state index is 0.256. The highest BCUT2D eigenvalue weighted by molar-refractivity contribution is 5.22. The van der Waals surface area contributed by atoms with Crippen LogP contribution in [-0.2, 0) is 13.0 Å². The van der Waals surface area contributed by atoms with Gasteiger partial charge in [0.15, 0.2) is 0 Å². The number of nitriles is 1. The van der Waals surface area contributed by atoms with Crippen LogP contribution in [0.5, 0.6) is 0 Å². The summed E-state index contributed by atoms with van der Waals surface area (Å²) in [5.41, 5.74) is 2.03. The largest absolute Gasteiger partial charge is 0.396 e. The number of rotatable bonds is 7. The molecule has 1 aliphatic rings. The van der Waals surface area contributed by atoms with Gasteiger partial charge in [-0.25, -0.2) is 4.68 Å². The molecular formula is C12H18N4O. The minimum Gasteiger partial charge on any atom is -0.396 e. The Hall–Kier alpha value is -1.41. The second kappa shape index (κ2) is 5.78. The molecular weight excluding hydrogens is 216 g/mol. The topological polar surface area (TPSA) is 74.7 Å². The van der Waals surface area contributed by atoms with Gasteiger partial charge in [0.1, 0.15) is 5.69 Å². The molecule has 0 atom stereocenters. The molecule has 1 aliphatic carbocycles. The van der Waals surface area contributed by atoms with E-state index in [1.165, 1.54) is 18.5 Å². The summed E-state index contributed by atoms with van der Waals surface area (Å²) < 4.78 is 1.96. The van der Waals surface area contributed by atoms with Crippen molar-refractivity contribution < 1.29 is 5.11 Å². The van der Waals surface area contributed by atoms with Crippen molar-refractivity contribution in [1.82, 2.24) is 15.0 Å². The molecule has 0 saturated heterocycles. The van der Waals surface area contributed by atoms with Gasteiger partial charge in [-0.05, 0) is 32.1 Å². The van der Waals surface area contributed by atoms with E-state index in [2.05, 4.69) is 16.4 Å². The van der Waals surface area contributed by atoms with E-state index in [4.69, 9.17) is 10.4 Å². The Balaban J connectivity index is 1.98. The van der Waals surface area contributed by atoms with Gasteiger partial charge < -0.3 is 5.11 Å². The molecule has 1 saturated carbocycles. The lowest BCUT2D eigenvalue weighted by Gasteiger charge is -2.05. The van der Waals surface area contributed by atoms with E-state index < -0.39 is 0 Å². The van der Waals surface area contributed by atoms with Gasteiger partial charge in [-0.1, -0.05) is 5.21 Å². The van der Waals surface area contributed by atoms with Crippen LogP contribution >= 0.6 is 0 Å². The first-order valence-corrected chi connectivity index (χ1v) is 6.27. The Bertz CT molecular complexity index is 403. The maximum atomic E-state index is 8.75. The summed E-state index contributed by atoms with van der Waals surface area (Å²) in [7, 11) is 0. The number of hydrogen-bond acceptors (Lipinski definition) is 4. The van der Waals surface area contributed by atoms with Crippen LogP contribution in [0.3, 0.4) is 0 Å². The third kappa shape index (κ3) is 3.04. The van der Waals surface area contributed by atoms with E-state index >= 15 is 0 Å². The molecule has 1 fully saturated rings. The highest BCUT2D eigenvalue weighted by atomic mass is 16.2. The molecule has 1 heterocycles. The summed E-state index contributed by atoms with van der Waals surface area (Å²) in [5, 5.41) is 25.7. The monoisotopic (exact) mass is 234 g/mol. The highest BCUT2D eigenvalue weighted by Crippen LogP contribution is 2.41. The van der Waals surface area contributed by atoms with E-state index in [0.717, 1.165) is 31.5 Å². The van der Waals surface area contributed by atoms with Gasteiger partial charge in [-0.2, -0.15) is 5.26 Å². The van der Waals surface area contributed by atoms with Crippen molar-refractivity contribution in [3.63, 3.8) is 0 Å². The first-order chi connectivity index (χ1) is 8.36. The number of aliphatic hydroxyl groups is 1. The molecule has 0 radical (unpaired) electrons. The number of aromatic nitrogens is 3. The van der Waals surface area contributed by atoms with Crippen molar-refractivity contribution in [3.05, 3.63) is 11.4 Å². The summed E-state index contributed by atoms with van der Waals surface area (Å²) in [6, 6.07) is 2.15. The molecule has 1 aromatic heterocycles. The van der Waals surface area contributed by atoms with Gasteiger partial charge in [0, 0.05) is 19.1 Å². The fraction of sp³-hybridized carbons (Fsp3) is 0.750. The second-order valence-corrected chi connectivity index (χ2v) is 4.54. The zero-order chi connectivity index (χ0) is 12.1. The molecule has 0 bridgehead atoms. The van der Waals surface area contributed by atoms with Crippen LogP contribution in [0.25, 0.3) is 0 Å². The SMILES string of the molecule is N#CCc1nnn(CCCCCO)c1C1CC1. The number of hydrogen-bond donors (Lipinski definition) is 1. The molecule has 2 rings (SSSR count). The van der Waals surface area contributed by atoms with E-state index in [1.54, 1.807) is 0 Å².